The monoisotopic (exact) mass is 624 g/mol. The van der Waals surface area contributed by atoms with Crippen LogP contribution in [0.1, 0.15) is 19.8 Å². The zero-order valence-electron chi connectivity index (χ0n) is 22.4. The van der Waals surface area contributed by atoms with E-state index in [1.165, 1.54) is 6.92 Å². The maximum Gasteiger partial charge on any atom is 0.245 e. The van der Waals surface area contributed by atoms with Crippen LogP contribution in [0.15, 0.2) is 4.99 Å². The highest BCUT2D eigenvalue weighted by molar-refractivity contribution is 7.80. The molecule has 15 N–H and O–H groups in total. The summed E-state index contributed by atoms with van der Waals surface area (Å²) in [6.45, 7) is -0.111. The second kappa shape index (κ2) is 19.7. The fourth-order valence-electron chi connectivity index (χ4n) is 3.01. The van der Waals surface area contributed by atoms with Gasteiger partial charge in [-0.1, -0.05) is 0 Å². The van der Waals surface area contributed by atoms with E-state index in [-0.39, 0.29) is 36.9 Å². The number of thiol groups is 2. The Kier molecular flexibility index (Phi) is 18.1. The van der Waals surface area contributed by atoms with E-state index in [1.807, 2.05) is 0 Å². The third kappa shape index (κ3) is 14.7. The molecule has 6 atom stereocenters. The largest absolute Gasteiger partial charge is 0.394 e. The summed E-state index contributed by atoms with van der Waals surface area (Å²) in [4.78, 5) is 77.6. The number of nitrogens with zero attached hydrogens (tertiary/aromatic N) is 1. The summed E-state index contributed by atoms with van der Waals surface area (Å²) in [5.74, 6) is -5.66. The van der Waals surface area contributed by atoms with E-state index in [0.29, 0.717) is 0 Å². The fourth-order valence-corrected chi connectivity index (χ4v) is 3.44. The molecule has 0 rings (SSSR count). The molecule has 0 radical (unpaired) electrons. The van der Waals surface area contributed by atoms with E-state index < -0.39 is 84.9 Å². The van der Waals surface area contributed by atoms with Crippen LogP contribution in [0, 0.1) is 0 Å². The van der Waals surface area contributed by atoms with E-state index in [4.69, 9.17) is 22.9 Å². The molecule has 0 fully saturated rings. The molecule has 0 aromatic heterocycles. The van der Waals surface area contributed by atoms with Gasteiger partial charge in [0.05, 0.1) is 25.3 Å². The van der Waals surface area contributed by atoms with E-state index in [9.17, 15) is 39.0 Å². The number of nitrogens with two attached hydrogens (primary N) is 4. The van der Waals surface area contributed by atoms with Crippen molar-refractivity contribution in [3.63, 3.8) is 0 Å². The Labute approximate surface area is 247 Å². The summed E-state index contributed by atoms with van der Waals surface area (Å²) < 4.78 is 0. The smallest absolute Gasteiger partial charge is 0.245 e. The second-order valence-electron chi connectivity index (χ2n) is 8.70. The summed E-state index contributed by atoms with van der Waals surface area (Å²) in [6, 6.07) is -6.76. The first-order valence-electron chi connectivity index (χ1n) is 12.3. The van der Waals surface area contributed by atoms with Crippen LogP contribution in [0.2, 0.25) is 0 Å². The van der Waals surface area contributed by atoms with Gasteiger partial charge < -0.3 is 59.7 Å². The predicted molar refractivity (Wildman–Crippen MR) is 154 cm³/mol. The number of nitrogens with one attached hydrogen (secondary N) is 5. The lowest BCUT2D eigenvalue weighted by Crippen LogP contribution is -2.62. The van der Waals surface area contributed by atoms with Gasteiger partial charge in [0.2, 0.25) is 35.4 Å². The normalized spacial score (nSPS) is 15.1. The number of rotatable bonds is 19. The number of amides is 6. The topological polar surface area (TPSA) is 319 Å². The Hall–Kier alpha value is -3.33. The lowest BCUT2D eigenvalue weighted by molar-refractivity contribution is -0.137. The van der Waals surface area contributed by atoms with Crippen molar-refractivity contribution in [2.45, 2.75) is 56.1 Å². The molecule has 0 spiro atoms. The summed E-state index contributed by atoms with van der Waals surface area (Å²) in [6.07, 6.45) is -1.24. The summed E-state index contributed by atoms with van der Waals surface area (Å²) >= 11 is 7.90. The van der Waals surface area contributed by atoms with Gasteiger partial charge in [0.1, 0.15) is 24.2 Å². The number of hydrogen-bond donors (Lipinski definition) is 13. The highest BCUT2D eigenvalue weighted by atomic mass is 32.1. The Balaban J connectivity index is 5.56. The summed E-state index contributed by atoms with van der Waals surface area (Å²) in [7, 11) is 0. The maximum absolute atomic E-state index is 13.0. The van der Waals surface area contributed by atoms with Crippen LogP contribution >= 0.6 is 25.3 Å². The molecule has 20 heteroatoms. The third-order valence-corrected chi connectivity index (χ3v) is 6.00. The minimum absolute atomic E-state index is 0.0155. The first-order valence-corrected chi connectivity index (χ1v) is 13.5. The molecule has 0 unspecified atom stereocenters. The highest BCUT2D eigenvalue weighted by Crippen LogP contribution is 2.03. The van der Waals surface area contributed by atoms with Gasteiger partial charge in [0.25, 0.3) is 0 Å². The van der Waals surface area contributed by atoms with Crippen molar-refractivity contribution in [3.8, 4) is 0 Å². The molecule has 0 saturated heterocycles. The van der Waals surface area contributed by atoms with E-state index in [1.54, 1.807) is 0 Å². The standard InChI is InChI=1S/C21H40N10O8S2/c1-9(33)15(31-18(37)11(3-2-4-26-21(24)25)28-16(35)10(22)7-40)20(39)29-12(6-32)19(38)30-13(8-41)17(36)27-5-14(23)34/h9-13,15,32-33,40-41H,2-8,22H2,1H3,(H2,23,34)(H,27,36)(H,28,35)(H,29,39)(H,30,38)(H,31,37)(H4,24,25,26)/t9-,10+,11+,12+,13+,15+/m1/s1. The van der Waals surface area contributed by atoms with E-state index in [2.05, 4.69) is 56.8 Å². The highest BCUT2D eigenvalue weighted by Gasteiger charge is 2.33. The molecule has 0 saturated carbocycles. The van der Waals surface area contributed by atoms with Gasteiger partial charge in [-0.2, -0.15) is 25.3 Å². The first kappa shape index (κ1) is 37.7. The Morgan fingerprint density at radius 3 is 1.85 bits per heavy atom. The molecular formula is C21H40N10O8S2. The number of carbonyl (C=O) groups is 6. The van der Waals surface area contributed by atoms with Gasteiger partial charge in [-0.25, -0.2) is 0 Å². The van der Waals surface area contributed by atoms with Crippen LogP contribution in [0.5, 0.6) is 0 Å². The third-order valence-electron chi connectivity index (χ3n) is 5.24. The number of aliphatic hydroxyl groups is 2. The van der Waals surface area contributed by atoms with E-state index >= 15 is 0 Å². The van der Waals surface area contributed by atoms with Crippen LogP contribution in [0.3, 0.4) is 0 Å². The van der Waals surface area contributed by atoms with Gasteiger partial charge >= 0.3 is 0 Å². The fraction of sp³-hybridized carbons (Fsp3) is 0.667. The van der Waals surface area contributed by atoms with Crippen LogP contribution < -0.4 is 49.5 Å². The number of hydrogen-bond acceptors (Lipinski definition) is 12. The van der Waals surface area contributed by atoms with Gasteiger partial charge in [-0.15, -0.1) is 0 Å². The SMILES string of the molecule is C[C@@H](O)[C@H](NC(=O)[C@H](CCCN=C(N)N)NC(=O)[C@@H](N)CS)C(=O)N[C@@H](CO)C(=O)N[C@@H](CS)C(=O)NCC(N)=O. The van der Waals surface area contributed by atoms with Gasteiger partial charge in [0.15, 0.2) is 5.96 Å². The van der Waals surface area contributed by atoms with Crippen molar-refractivity contribution < 1.29 is 39.0 Å². The predicted octanol–water partition coefficient (Wildman–Crippen LogP) is -6.86. The molecule has 0 aromatic carbocycles. The molecule has 0 aliphatic rings. The molecular weight excluding hydrogens is 584 g/mol. The Morgan fingerprint density at radius 1 is 0.805 bits per heavy atom. The number of aliphatic hydroxyl groups excluding tert-OH is 2. The maximum atomic E-state index is 13.0. The molecule has 6 amide bonds. The quantitative estimate of drug-likeness (QED) is 0.0277. The molecule has 234 valence electrons. The number of aliphatic imine (C=N–C) groups is 1. The molecule has 0 heterocycles. The molecule has 0 aliphatic heterocycles. The molecule has 41 heavy (non-hydrogen) atoms. The molecule has 18 nitrogen and oxygen atoms in total. The zero-order chi connectivity index (χ0) is 31.7. The van der Waals surface area contributed by atoms with Crippen molar-refractivity contribution in [2.75, 3.05) is 31.2 Å². The van der Waals surface area contributed by atoms with Crippen molar-refractivity contribution in [1.29, 1.82) is 0 Å². The second-order valence-corrected chi connectivity index (χ2v) is 9.43. The number of guanidine groups is 1. The zero-order valence-corrected chi connectivity index (χ0v) is 24.2. The first-order chi connectivity index (χ1) is 19.2. The summed E-state index contributed by atoms with van der Waals surface area (Å²) in [5.41, 5.74) is 21.2. The molecule has 0 aliphatic carbocycles. The van der Waals surface area contributed by atoms with E-state index in [0.717, 1.165) is 0 Å². The molecule has 0 aromatic rings. The van der Waals surface area contributed by atoms with Crippen molar-refractivity contribution >= 4 is 66.7 Å². The Morgan fingerprint density at radius 2 is 1.37 bits per heavy atom. The lowest BCUT2D eigenvalue weighted by atomic mass is 10.1. The van der Waals surface area contributed by atoms with Gasteiger partial charge in [0, 0.05) is 18.1 Å². The van der Waals surface area contributed by atoms with Crippen molar-refractivity contribution in [1.82, 2.24) is 26.6 Å². The van der Waals surface area contributed by atoms with Crippen LogP contribution in [0.25, 0.3) is 0 Å². The minimum atomic E-state index is -1.64. The average molecular weight is 625 g/mol. The average Bonchev–Trinajstić information content (AvgIpc) is 2.91. The minimum Gasteiger partial charge on any atom is -0.394 e. The van der Waals surface area contributed by atoms with Crippen LogP contribution in [-0.2, 0) is 28.8 Å². The van der Waals surface area contributed by atoms with Crippen molar-refractivity contribution in [2.24, 2.45) is 27.9 Å². The number of carbonyl (C=O) groups excluding carboxylic acids is 6. The van der Waals surface area contributed by atoms with Gasteiger partial charge in [-0.3, -0.25) is 33.8 Å². The van der Waals surface area contributed by atoms with Crippen LogP contribution in [-0.4, -0.2) is 119 Å². The van der Waals surface area contributed by atoms with Crippen molar-refractivity contribution in [3.05, 3.63) is 0 Å². The van der Waals surface area contributed by atoms with Gasteiger partial charge in [-0.05, 0) is 19.8 Å². The summed E-state index contributed by atoms with van der Waals surface area (Å²) in [5, 5.41) is 31.2. The van der Waals surface area contributed by atoms with Crippen LogP contribution in [0.4, 0.5) is 0 Å². The number of primary amides is 1. The Bertz CT molecular complexity index is 951. The lowest BCUT2D eigenvalue weighted by Gasteiger charge is -2.27. The molecule has 0 bridgehead atoms.